The minimum Gasteiger partial charge on any atom is -0.361 e. The van der Waals surface area contributed by atoms with Gasteiger partial charge in [0, 0.05) is 28.4 Å². The summed E-state index contributed by atoms with van der Waals surface area (Å²) in [5.41, 5.74) is 3.59. The third-order valence-corrected chi connectivity index (χ3v) is 4.05. The monoisotopic (exact) mass is 310 g/mol. The molecule has 0 spiro atoms. The summed E-state index contributed by atoms with van der Waals surface area (Å²) < 4.78 is 0. The van der Waals surface area contributed by atoms with Crippen LogP contribution in [0.4, 0.5) is 0 Å². The zero-order chi connectivity index (χ0) is 15.9. The summed E-state index contributed by atoms with van der Waals surface area (Å²) in [7, 11) is 0. The van der Waals surface area contributed by atoms with E-state index in [2.05, 4.69) is 4.98 Å². The Hall–Kier alpha value is -2.33. The van der Waals surface area contributed by atoms with E-state index in [1.807, 2.05) is 55.8 Å². The lowest BCUT2D eigenvalue weighted by Crippen LogP contribution is -1.89. The molecule has 0 aliphatic carbocycles. The molecule has 0 saturated heterocycles. The molecule has 4 heteroatoms. The summed E-state index contributed by atoms with van der Waals surface area (Å²) in [6.45, 7) is 1.91. The number of aldehydes is 1. The second kappa shape index (κ2) is 7.61. The molecular weight excluding hydrogens is 292 g/mol. The van der Waals surface area contributed by atoms with E-state index >= 15 is 0 Å². The Morgan fingerprint density at radius 1 is 1.32 bits per heavy atom. The Balaban J connectivity index is 2.37. The highest BCUT2D eigenvalue weighted by atomic mass is 32.2. The fourth-order valence-electron chi connectivity index (χ4n) is 2.14. The zero-order valence-corrected chi connectivity index (χ0v) is 13.4. The molecule has 0 bridgehead atoms. The van der Waals surface area contributed by atoms with Crippen molar-refractivity contribution in [2.24, 2.45) is 0 Å². The van der Waals surface area contributed by atoms with E-state index < -0.39 is 0 Å². The summed E-state index contributed by atoms with van der Waals surface area (Å²) in [6, 6.07) is 8.05. The van der Waals surface area contributed by atoms with Gasteiger partial charge in [-0.2, -0.15) is 0 Å². The first-order valence-corrected chi connectivity index (χ1v) is 8.08. The fourth-order valence-corrected chi connectivity index (χ4v) is 2.63. The largest absolute Gasteiger partial charge is 0.361 e. The van der Waals surface area contributed by atoms with E-state index in [9.17, 15) is 4.79 Å². The van der Waals surface area contributed by atoms with Crippen LogP contribution in [0.25, 0.3) is 17.0 Å². The van der Waals surface area contributed by atoms with Gasteiger partial charge in [0.25, 0.3) is 0 Å². The number of H-pyrrole nitrogens is 1. The first-order valence-electron chi connectivity index (χ1n) is 6.85. The van der Waals surface area contributed by atoms with Crippen molar-refractivity contribution in [2.45, 2.75) is 6.92 Å². The Bertz CT molecular complexity index is 781. The van der Waals surface area contributed by atoms with Crippen molar-refractivity contribution in [3.63, 3.8) is 0 Å². The number of aromatic amines is 1. The first-order chi connectivity index (χ1) is 10.7. The minimum atomic E-state index is 0.639. The van der Waals surface area contributed by atoms with Gasteiger partial charge in [-0.1, -0.05) is 6.07 Å². The van der Waals surface area contributed by atoms with E-state index in [1.165, 1.54) is 6.21 Å². The highest BCUT2D eigenvalue weighted by molar-refractivity contribution is 8.02. The van der Waals surface area contributed by atoms with Gasteiger partial charge in [0.2, 0.25) is 0 Å². The number of benzene rings is 1. The maximum absolute atomic E-state index is 11.4. The maximum atomic E-state index is 11.4. The first kappa shape index (κ1) is 16.0. The van der Waals surface area contributed by atoms with Crippen LogP contribution in [0.3, 0.4) is 0 Å². The molecule has 1 heterocycles. The van der Waals surface area contributed by atoms with Crippen LogP contribution >= 0.6 is 11.8 Å². The van der Waals surface area contributed by atoms with Crippen molar-refractivity contribution < 1.29 is 4.79 Å². The number of aromatic nitrogens is 1. The van der Waals surface area contributed by atoms with Gasteiger partial charge in [-0.25, -0.2) is 0 Å². The smallest absolute Gasteiger partial charge is 0.150 e. The van der Waals surface area contributed by atoms with E-state index in [0.717, 1.165) is 33.2 Å². The van der Waals surface area contributed by atoms with Crippen LogP contribution < -0.4 is 0 Å². The van der Waals surface area contributed by atoms with Crippen LogP contribution in [-0.4, -0.2) is 23.7 Å². The van der Waals surface area contributed by atoms with Crippen molar-refractivity contribution in [1.29, 1.82) is 5.41 Å². The van der Waals surface area contributed by atoms with Crippen molar-refractivity contribution in [3.8, 4) is 0 Å². The van der Waals surface area contributed by atoms with Gasteiger partial charge in [0.15, 0.2) is 0 Å². The average Bonchev–Trinajstić information content (AvgIpc) is 2.99. The lowest BCUT2D eigenvalue weighted by atomic mass is 10.0. The Morgan fingerprint density at radius 2 is 2.14 bits per heavy atom. The fraction of sp³-hybridized carbons (Fsp3) is 0.111. The lowest BCUT2D eigenvalue weighted by molar-refractivity contribution is -0.104. The van der Waals surface area contributed by atoms with Crippen molar-refractivity contribution in [2.75, 3.05) is 6.26 Å². The SMILES string of the molecule is CSC(=C/C=N)/C=C(C)/C(C=O)=C/c1ccc2[nH]ccc2c1. The van der Waals surface area contributed by atoms with Crippen LogP contribution in [0.2, 0.25) is 0 Å². The number of hydrogen-bond donors (Lipinski definition) is 2. The maximum Gasteiger partial charge on any atom is 0.150 e. The van der Waals surface area contributed by atoms with E-state index in [-0.39, 0.29) is 0 Å². The van der Waals surface area contributed by atoms with E-state index in [0.29, 0.717) is 5.57 Å². The molecule has 2 rings (SSSR count). The van der Waals surface area contributed by atoms with Crippen LogP contribution in [0.5, 0.6) is 0 Å². The third kappa shape index (κ3) is 3.86. The summed E-state index contributed by atoms with van der Waals surface area (Å²) in [4.78, 5) is 15.5. The summed E-state index contributed by atoms with van der Waals surface area (Å²) in [5.74, 6) is 0. The van der Waals surface area contributed by atoms with Crippen molar-refractivity contribution >= 4 is 41.2 Å². The number of fused-ring (bicyclic) bond motifs is 1. The van der Waals surface area contributed by atoms with E-state index in [1.54, 1.807) is 17.8 Å². The van der Waals surface area contributed by atoms with Crippen LogP contribution in [-0.2, 0) is 4.79 Å². The molecular formula is C18H18N2OS. The number of thioether (sulfide) groups is 1. The minimum absolute atomic E-state index is 0.639. The number of allylic oxidation sites excluding steroid dienone is 4. The predicted octanol–water partition coefficient (Wildman–Crippen LogP) is 4.59. The topological polar surface area (TPSA) is 56.7 Å². The molecule has 3 nitrogen and oxygen atoms in total. The molecule has 1 aromatic carbocycles. The number of hydrogen-bond acceptors (Lipinski definition) is 3. The summed E-state index contributed by atoms with van der Waals surface area (Å²) >= 11 is 1.55. The van der Waals surface area contributed by atoms with Crippen molar-refractivity contribution in [3.05, 3.63) is 64.2 Å². The predicted molar refractivity (Wildman–Crippen MR) is 96.5 cm³/mol. The number of rotatable bonds is 6. The van der Waals surface area contributed by atoms with Crippen LogP contribution in [0.15, 0.2) is 58.7 Å². The van der Waals surface area contributed by atoms with Gasteiger partial charge in [0.1, 0.15) is 6.29 Å². The van der Waals surface area contributed by atoms with E-state index in [4.69, 9.17) is 5.41 Å². The van der Waals surface area contributed by atoms with Crippen molar-refractivity contribution in [1.82, 2.24) is 4.98 Å². The quantitative estimate of drug-likeness (QED) is 0.355. The van der Waals surface area contributed by atoms with Crippen LogP contribution in [0, 0.1) is 5.41 Å². The summed E-state index contributed by atoms with van der Waals surface area (Å²) in [6.07, 6.45) is 11.5. The third-order valence-electron chi connectivity index (χ3n) is 3.32. The standard InChI is InChI=1S/C18H18N2OS/c1-13(9-17(22-2)5-7-19)16(12-21)11-14-3-4-18-15(10-14)6-8-20-18/h3-12,19-20H,1-2H3/b13-9+,16-11+,17-5+,19-7?. The highest BCUT2D eigenvalue weighted by Gasteiger charge is 2.02. The second-order valence-corrected chi connectivity index (χ2v) is 5.69. The molecule has 1 aromatic heterocycles. The van der Waals surface area contributed by atoms with Gasteiger partial charge in [-0.15, -0.1) is 11.8 Å². The Kier molecular flexibility index (Phi) is 5.55. The molecule has 0 aliphatic heterocycles. The molecule has 0 unspecified atom stereocenters. The molecule has 22 heavy (non-hydrogen) atoms. The number of carbonyl (C=O) groups excluding carboxylic acids is 1. The highest BCUT2D eigenvalue weighted by Crippen LogP contribution is 2.21. The average molecular weight is 310 g/mol. The number of carbonyl (C=O) groups is 1. The van der Waals surface area contributed by atoms with Gasteiger partial charge in [-0.05, 0) is 66.1 Å². The van der Waals surface area contributed by atoms with Gasteiger partial charge < -0.3 is 10.4 Å². The van der Waals surface area contributed by atoms with Crippen LogP contribution in [0.1, 0.15) is 12.5 Å². The number of nitrogens with one attached hydrogen (secondary N) is 2. The molecule has 0 radical (unpaired) electrons. The molecule has 112 valence electrons. The molecule has 0 saturated carbocycles. The normalized spacial score (nSPS) is 13.5. The molecule has 0 amide bonds. The zero-order valence-electron chi connectivity index (χ0n) is 12.6. The van der Waals surface area contributed by atoms with Gasteiger partial charge >= 0.3 is 0 Å². The molecule has 0 atom stereocenters. The lowest BCUT2D eigenvalue weighted by Gasteiger charge is -2.03. The van der Waals surface area contributed by atoms with Gasteiger partial charge in [0.05, 0.1) is 0 Å². The molecule has 0 aliphatic rings. The summed E-state index contributed by atoms with van der Waals surface area (Å²) in [5, 5.41) is 8.26. The molecule has 2 aromatic rings. The van der Waals surface area contributed by atoms with Gasteiger partial charge in [-0.3, -0.25) is 4.79 Å². The Labute approximate surface area is 134 Å². The molecule has 2 N–H and O–H groups in total. The molecule has 0 fully saturated rings. The second-order valence-electron chi connectivity index (χ2n) is 4.81. The Morgan fingerprint density at radius 3 is 2.82 bits per heavy atom.